The number of hydrogen-bond acceptors (Lipinski definition) is 4. The van der Waals surface area contributed by atoms with E-state index in [4.69, 9.17) is 32.7 Å². The SMILES string of the molecule is O=C(c1ccc(Cl)cc1)c1ccc2c3c(ccc2c1)OCCOc1ccc2cc(C(=O)c4ccc(Cl)cc4)ccc2c1-3. The summed E-state index contributed by atoms with van der Waals surface area (Å²) in [5, 5.41) is 4.82. The zero-order valence-electron chi connectivity index (χ0n) is 22.2. The summed E-state index contributed by atoms with van der Waals surface area (Å²) in [6.07, 6.45) is 0. The molecule has 6 aromatic rings. The molecule has 204 valence electrons. The minimum Gasteiger partial charge on any atom is -0.489 e. The number of ether oxygens (including phenoxy) is 2. The fraction of sp³-hybridized carbons (Fsp3) is 0.0556. The summed E-state index contributed by atoms with van der Waals surface area (Å²) >= 11 is 12.0. The van der Waals surface area contributed by atoms with Gasteiger partial charge in [-0.15, -0.1) is 0 Å². The molecule has 0 aromatic heterocycles. The molecule has 6 aromatic carbocycles. The molecule has 7 rings (SSSR count). The topological polar surface area (TPSA) is 52.6 Å². The van der Waals surface area contributed by atoms with Crippen LogP contribution in [0.4, 0.5) is 0 Å². The zero-order valence-corrected chi connectivity index (χ0v) is 23.7. The molecule has 42 heavy (non-hydrogen) atoms. The maximum Gasteiger partial charge on any atom is 0.193 e. The maximum atomic E-state index is 13.2. The Balaban J connectivity index is 1.37. The summed E-state index contributed by atoms with van der Waals surface area (Å²) in [4.78, 5) is 26.5. The van der Waals surface area contributed by atoms with Crippen molar-refractivity contribution in [3.8, 4) is 22.6 Å². The molecule has 0 spiro atoms. The van der Waals surface area contributed by atoms with Gasteiger partial charge in [-0.05, 0) is 94.3 Å². The van der Waals surface area contributed by atoms with Gasteiger partial charge in [0.15, 0.2) is 11.6 Å². The van der Waals surface area contributed by atoms with Crippen molar-refractivity contribution in [2.24, 2.45) is 0 Å². The van der Waals surface area contributed by atoms with Crippen LogP contribution < -0.4 is 9.47 Å². The van der Waals surface area contributed by atoms with E-state index in [1.807, 2.05) is 60.7 Å². The molecule has 1 aliphatic heterocycles. The first-order valence-electron chi connectivity index (χ1n) is 13.5. The molecule has 0 unspecified atom stereocenters. The molecule has 0 atom stereocenters. The van der Waals surface area contributed by atoms with Gasteiger partial charge < -0.3 is 9.47 Å². The normalized spacial score (nSPS) is 12.4. The highest BCUT2D eigenvalue weighted by atomic mass is 35.5. The summed E-state index contributed by atoms with van der Waals surface area (Å²) < 4.78 is 12.3. The minimum absolute atomic E-state index is 0.0800. The van der Waals surface area contributed by atoms with Gasteiger partial charge in [0.05, 0.1) is 0 Å². The van der Waals surface area contributed by atoms with Gasteiger partial charge in [0.1, 0.15) is 24.7 Å². The molecule has 0 bridgehead atoms. The lowest BCUT2D eigenvalue weighted by molar-refractivity contribution is 0.103. The van der Waals surface area contributed by atoms with E-state index >= 15 is 0 Å². The van der Waals surface area contributed by atoms with Crippen LogP contribution in [0.5, 0.6) is 11.5 Å². The van der Waals surface area contributed by atoms with Gasteiger partial charge in [-0.2, -0.15) is 0 Å². The van der Waals surface area contributed by atoms with Crippen LogP contribution in [0, 0.1) is 0 Å². The van der Waals surface area contributed by atoms with Crippen LogP contribution in [0.2, 0.25) is 10.0 Å². The number of carbonyl (C=O) groups is 2. The van der Waals surface area contributed by atoms with E-state index in [1.54, 1.807) is 48.5 Å². The van der Waals surface area contributed by atoms with Crippen molar-refractivity contribution in [2.45, 2.75) is 0 Å². The van der Waals surface area contributed by atoms with Crippen LogP contribution in [0.3, 0.4) is 0 Å². The summed E-state index contributed by atoms with van der Waals surface area (Å²) in [5.41, 5.74) is 4.07. The van der Waals surface area contributed by atoms with E-state index < -0.39 is 0 Å². The van der Waals surface area contributed by atoms with E-state index in [0.717, 1.165) is 44.2 Å². The first kappa shape index (κ1) is 26.3. The average molecular weight is 589 g/mol. The molecule has 6 heteroatoms. The van der Waals surface area contributed by atoms with Crippen LogP contribution >= 0.6 is 23.2 Å². The first-order chi connectivity index (χ1) is 20.5. The number of fused-ring (bicyclic) bond motifs is 7. The lowest BCUT2D eigenvalue weighted by Crippen LogP contribution is -2.13. The van der Waals surface area contributed by atoms with Gasteiger partial charge in [-0.1, -0.05) is 59.6 Å². The van der Waals surface area contributed by atoms with Crippen LogP contribution in [0.1, 0.15) is 31.8 Å². The van der Waals surface area contributed by atoms with E-state index in [0.29, 0.717) is 45.5 Å². The van der Waals surface area contributed by atoms with Crippen molar-refractivity contribution in [2.75, 3.05) is 13.2 Å². The van der Waals surface area contributed by atoms with Crippen molar-refractivity contribution >= 4 is 56.3 Å². The maximum absolute atomic E-state index is 13.2. The van der Waals surface area contributed by atoms with E-state index in [1.165, 1.54) is 0 Å². The van der Waals surface area contributed by atoms with Gasteiger partial charge in [-0.25, -0.2) is 0 Å². The zero-order chi connectivity index (χ0) is 28.8. The van der Waals surface area contributed by atoms with Crippen molar-refractivity contribution in [3.63, 3.8) is 0 Å². The quantitative estimate of drug-likeness (QED) is 0.193. The Labute approximate surface area is 252 Å². The highest BCUT2D eigenvalue weighted by Gasteiger charge is 2.22. The number of benzene rings is 6. The van der Waals surface area contributed by atoms with E-state index in [9.17, 15) is 9.59 Å². The Morgan fingerprint density at radius 1 is 0.476 bits per heavy atom. The number of halogens is 2. The van der Waals surface area contributed by atoms with E-state index in [2.05, 4.69) is 0 Å². The second-order valence-electron chi connectivity index (χ2n) is 10.1. The fourth-order valence-corrected chi connectivity index (χ4v) is 5.75. The smallest absolute Gasteiger partial charge is 0.193 e. The van der Waals surface area contributed by atoms with Crippen molar-refractivity contribution in [3.05, 3.63) is 141 Å². The van der Waals surface area contributed by atoms with Gasteiger partial charge in [0.2, 0.25) is 0 Å². The molecular weight excluding hydrogens is 567 g/mol. The first-order valence-corrected chi connectivity index (χ1v) is 14.2. The third kappa shape index (κ3) is 4.69. The second kappa shape index (κ2) is 10.6. The van der Waals surface area contributed by atoms with Gasteiger partial charge in [-0.3, -0.25) is 9.59 Å². The molecule has 4 nitrogen and oxygen atoms in total. The van der Waals surface area contributed by atoms with Crippen molar-refractivity contribution in [1.82, 2.24) is 0 Å². The van der Waals surface area contributed by atoms with Gasteiger partial charge in [0, 0.05) is 43.4 Å². The van der Waals surface area contributed by atoms with Gasteiger partial charge >= 0.3 is 0 Å². The molecular formula is C36H22Cl2O4. The summed E-state index contributed by atoms with van der Waals surface area (Å²) in [6.45, 7) is 0.801. The summed E-state index contributed by atoms with van der Waals surface area (Å²) in [7, 11) is 0. The second-order valence-corrected chi connectivity index (χ2v) is 11.0. The Bertz CT molecular complexity index is 1880. The summed E-state index contributed by atoms with van der Waals surface area (Å²) in [6, 6.07) is 33.0. The number of hydrogen-bond donors (Lipinski definition) is 0. The highest BCUT2D eigenvalue weighted by molar-refractivity contribution is 6.31. The van der Waals surface area contributed by atoms with Crippen molar-refractivity contribution in [1.29, 1.82) is 0 Å². The highest BCUT2D eigenvalue weighted by Crippen LogP contribution is 2.46. The Morgan fingerprint density at radius 3 is 1.26 bits per heavy atom. The molecule has 0 saturated heterocycles. The third-order valence-electron chi connectivity index (χ3n) is 7.55. The largest absolute Gasteiger partial charge is 0.489 e. The Morgan fingerprint density at radius 2 is 0.857 bits per heavy atom. The summed E-state index contributed by atoms with van der Waals surface area (Å²) in [5.74, 6) is 1.31. The molecule has 1 heterocycles. The lowest BCUT2D eigenvalue weighted by atomic mass is 9.89. The van der Waals surface area contributed by atoms with Crippen LogP contribution in [0.15, 0.2) is 109 Å². The molecule has 1 aliphatic rings. The molecule has 0 fully saturated rings. The lowest BCUT2D eigenvalue weighted by Gasteiger charge is -2.22. The molecule has 0 N–H and O–H groups in total. The molecule has 0 amide bonds. The van der Waals surface area contributed by atoms with Gasteiger partial charge in [0.25, 0.3) is 0 Å². The molecule has 0 radical (unpaired) electrons. The monoisotopic (exact) mass is 588 g/mol. The average Bonchev–Trinajstić information content (AvgIpc) is 3.01. The van der Waals surface area contributed by atoms with E-state index in [-0.39, 0.29) is 11.6 Å². The number of ketones is 2. The molecule has 0 aliphatic carbocycles. The predicted molar refractivity (Wildman–Crippen MR) is 168 cm³/mol. The fourth-order valence-electron chi connectivity index (χ4n) is 5.50. The van der Waals surface area contributed by atoms with Crippen molar-refractivity contribution < 1.29 is 19.1 Å². The number of carbonyl (C=O) groups excluding carboxylic acids is 2. The standard InChI is InChI=1S/C36H22Cl2O4/c37-27-9-1-21(2-10-27)35(39)25-5-13-29-23(19-25)7-15-31-33(29)34-30-14-6-26(36(40)22-3-11-28(38)12-4-22)20-24(30)8-16-32(34)42-18-17-41-31/h1-16,19-20H,17-18H2. The Kier molecular flexibility index (Phi) is 6.66. The predicted octanol–water partition coefficient (Wildman–Crippen LogP) is 9.20. The number of rotatable bonds is 4. The third-order valence-corrected chi connectivity index (χ3v) is 8.05. The molecule has 0 saturated carbocycles. The van der Waals surface area contributed by atoms with Crippen LogP contribution in [0.25, 0.3) is 32.7 Å². The van der Waals surface area contributed by atoms with Crippen LogP contribution in [-0.2, 0) is 0 Å². The minimum atomic E-state index is -0.0800. The Hall–Kier alpha value is -4.64. The van der Waals surface area contributed by atoms with Crippen LogP contribution in [-0.4, -0.2) is 24.8 Å².